The molecule has 3 nitrogen and oxygen atoms in total. The van der Waals surface area contributed by atoms with Gasteiger partial charge in [0.05, 0.1) is 13.2 Å². The number of rotatable bonds is 6. The molecule has 12 heavy (non-hydrogen) atoms. The summed E-state index contributed by atoms with van der Waals surface area (Å²) >= 11 is 0. The van der Waals surface area contributed by atoms with Crippen molar-refractivity contribution in [3.8, 4) is 0 Å². The van der Waals surface area contributed by atoms with E-state index in [0.717, 1.165) is 18.9 Å². The zero-order chi connectivity index (χ0) is 9.40. The maximum atomic E-state index is 10.2. The van der Waals surface area contributed by atoms with Crippen LogP contribution in [0.1, 0.15) is 19.3 Å². The van der Waals surface area contributed by atoms with Gasteiger partial charge in [0, 0.05) is 6.42 Å². The average Bonchev–Trinajstić information content (AvgIpc) is 2.02. The van der Waals surface area contributed by atoms with Crippen molar-refractivity contribution in [3.63, 3.8) is 0 Å². The molecule has 0 aliphatic rings. The van der Waals surface area contributed by atoms with E-state index in [1.165, 1.54) is 7.11 Å². The number of methoxy groups -OCH3 is 1. The summed E-state index contributed by atoms with van der Waals surface area (Å²) in [6.45, 7) is 3.57. The number of carboxylic acid groups (broad SMARTS) is 1. The standard InChI is InChI=1S/C9H14O3/c1-3-4-5-6-8(12-2)7-9(10)11/h3,7H,1,4-6H2,2H3,(H,10,11)/b8-7+. The van der Waals surface area contributed by atoms with Gasteiger partial charge in [-0.1, -0.05) is 6.08 Å². The van der Waals surface area contributed by atoms with Crippen molar-refractivity contribution in [2.75, 3.05) is 7.11 Å². The molecular formula is C9H14O3. The van der Waals surface area contributed by atoms with E-state index in [-0.39, 0.29) is 0 Å². The van der Waals surface area contributed by atoms with Gasteiger partial charge < -0.3 is 9.84 Å². The van der Waals surface area contributed by atoms with E-state index in [0.29, 0.717) is 12.2 Å². The first-order valence-corrected chi connectivity index (χ1v) is 3.79. The Morgan fingerprint density at radius 2 is 2.33 bits per heavy atom. The lowest BCUT2D eigenvalue weighted by Crippen LogP contribution is -1.94. The highest BCUT2D eigenvalue weighted by atomic mass is 16.5. The molecule has 0 rings (SSSR count). The molecule has 0 aliphatic carbocycles. The summed E-state index contributed by atoms with van der Waals surface area (Å²) in [6.07, 6.45) is 5.28. The SMILES string of the molecule is C=CCCC/C(=C\C(=O)O)OC. The lowest BCUT2D eigenvalue weighted by atomic mass is 10.2. The lowest BCUT2D eigenvalue weighted by Gasteiger charge is -2.02. The summed E-state index contributed by atoms with van der Waals surface area (Å²) in [5.74, 6) is -0.463. The van der Waals surface area contributed by atoms with E-state index in [4.69, 9.17) is 9.84 Å². The number of allylic oxidation sites excluding steroid dienone is 2. The van der Waals surface area contributed by atoms with Crippen molar-refractivity contribution >= 4 is 5.97 Å². The summed E-state index contributed by atoms with van der Waals surface area (Å²) in [6, 6.07) is 0. The van der Waals surface area contributed by atoms with Crippen LogP contribution in [0.4, 0.5) is 0 Å². The molecule has 0 fully saturated rings. The molecule has 0 radical (unpaired) electrons. The first-order chi connectivity index (χ1) is 5.70. The number of carboxylic acids is 1. The number of hydrogen-bond donors (Lipinski definition) is 1. The van der Waals surface area contributed by atoms with E-state index in [1.54, 1.807) is 6.08 Å². The Morgan fingerprint density at radius 1 is 1.67 bits per heavy atom. The third kappa shape index (κ3) is 5.53. The molecule has 0 aliphatic heterocycles. The van der Waals surface area contributed by atoms with Gasteiger partial charge in [0.25, 0.3) is 0 Å². The minimum Gasteiger partial charge on any atom is -0.501 e. The van der Waals surface area contributed by atoms with Crippen LogP contribution in [0.25, 0.3) is 0 Å². The quantitative estimate of drug-likeness (QED) is 0.287. The molecular weight excluding hydrogens is 156 g/mol. The zero-order valence-electron chi connectivity index (χ0n) is 7.25. The topological polar surface area (TPSA) is 46.5 Å². The number of ether oxygens (including phenoxy) is 1. The van der Waals surface area contributed by atoms with Crippen molar-refractivity contribution in [2.45, 2.75) is 19.3 Å². The zero-order valence-corrected chi connectivity index (χ0v) is 7.25. The van der Waals surface area contributed by atoms with Crippen LogP contribution < -0.4 is 0 Å². The Balaban J connectivity index is 3.82. The maximum Gasteiger partial charge on any atom is 0.331 e. The third-order valence-electron chi connectivity index (χ3n) is 1.38. The van der Waals surface area contributed by atoms with E-state index < -0.39 is 5.97 Å². The largest absolute Gasteiger partial charge is 0.501 e. The highest BCUT2D eigenvalue weighted by Crippen LogP contribution is 2.07. The van der Waals surface area contributed by atoms with Crippen molar-refractivity contribution in [2.24, 2.45) is 0 Å². The van der Waals surface area contributed by atoms with Crippen LogP contribution in [0.2, 0.25) is 0 Å². The summed E-state index contributed by atoms with van der Waals surface area (Å²) < 4.78 is 4.85. The second kappa shape index (κ2) is 6.46. The van der Waals surface area contributed by atoms with Crippen LogP contribution in [0.15, 0.2) is 24.5 Å². The Labute approximate surface area is 72.3 Å². The normalized spacial score (nSPS) is 10.9. The fourth-order valence-corrected chi connectivity index (χ4v) is 0.792. The van der Waals surface area contributed by atoms with Gasteiger partial charge in [0.1, 0.15) is 5.76 Å². The predicted octanol–water partition coefficient (Wildman–Crippen LogP) is 1.96. The van der Waals surface area contributed by atoms with Crippen molar-refractivity contribution in [1.29, 1.82) is 0 Å². The van der Waals surface area contributed by atoms with E-state index in [2.05, 4.69) is 6.58 Å². The fraction of sp³-hybridized carbons (Fsp3) is 0.444. The first kappa shape index (κ1) is 10.8. The van der Waals surface area contributed by atoms with Gasteiger partial charge in [-0.3, -0.25) is 0 Å². The molecule has 0 heterocycles. The Kier molecular flexibility index (Phi) is 5.79. The second-order valence-corrected chi connectivity index (χ2v) is 2.33. The number of aliphatic carboxylic acids is 1. The minimum absolute atomic E-state index is 0.504. The van der Waals surface area contributed by atoms with Crippen LogP contribution in [-0.2, 0) is 9.53 Å². The van der Waals surface area contributed by atoms with E-state index in [1.807, 2.05) is 0 Å². The summed E-state index contributed by atoms with van der Waals surface area (Å²) in [5.41, 5.74) is 0. The van der Waals surface area contributed by atoms with Gasteiger partial charge in [0.2, 0.25) is 0 Å². The number of unbranched alkanes of at least 4 members (excludes halogenated alkanes) is 1. The van der Waals surface area contributed by atoms with Gasteiger partial charge in [-0.05, 0) is 12.8 Å². The maximum absolute atomic E-state index is 10.2. The molecule has 0 unspecified atom stereocenters. The monoisotopic (exact) mass is 170 g/mol. The molecule has 0 amide bonds. The van der Waals surface area contributed by atoms with Gasteiger partial charge >= 0.3 is 5.97 Å². The van der Waals surface area contributed by atoms with Gasteiger partial charge in [0.15, 0.2) is 0 Å². The summed E-state index contributed by atoms with van der Waals surface area (Å²) in [4.78, 5) is 10.2. The Morgan fingerprint density at radius 3 is 2.75 bits per heavy atom. The number of hydrogen-bond acceptors (Lipinski definition) is 2. The molecule has 3 heteroatoms. The molecule has 0 aromatic rings. The molecule has 0 aromatic heterocycles. The molecule has 0 aromatic carbocycles. The molecule has 68 valence electrons. The van der Waals surface area contributed by atoms with Gasteiger partial charge in [-0.2, -0.15) is 0 Å². The minimum atomic E-state index is -0.967. The second-order valence-electron chi connectivity index (χ2n) is 2.33. The molecule has 0 bridgehead atoms. The average molecular weight is 170 g/mol. The van der Waals surface area contributed by atoms with Crippen LogP contribution in [0, 0.1) is 0 Å². The Hall–Kier alpha value is -1.25. The highest BCUT2D eigenvalue weighted by Gasteiger charge is 1.98. The highest BCUT2D eigenvalue weighted by molar-refractivity contribution is 5.80. The molecule has 0 saturated carbocycles. The van der Waals surface area contributed by atoms with Crippen LogP contribution >= 0.6 is 0 Å². The van der Waals surface area contributed by atoms with Crippen LogP contribution in [0.3, 0.4) is 0 Å². The van der Waals surface area contributed by atoms with E-state index in [9.17, 15) is 4.79 Å². The molecule has 0 spiro atoms. The summed E-state index contributed by atoms with van der Waals surface area (Å²) in [5, 5.41) is 8.39. The predicted molar refractivity (Wildman–Crippen MR) is 46.8 cm³/mol. The van der Waals surface area contributed by atoms with E-state index >= 15 is 0 Å². The van der Waals surface area contributed by atoms with Gasteiger partial charge in [-0.15, -0.1) is 6.58 Å². The fourth-order valence-electron chi connectivity index (χ4n) is 0.792. The number of carbonyl (C=O) groups is 1. The smallest absolute Gasteiger partial charge is 0.331 e. The van der Waals surface area contributed by atoms with Crippen molar-refractivity contribution in [3.05, 3.63) is 24.5 Å². The molecule has 0 atom stereocenters. The van der Waals surface area contributed by atoms with Crippen LogP contribution in [0.5, 0.6) is 0 Å². The Bertz CT molecular complexity index is 182. The lowest BCUT2D eigenvalue weighted by molar-refractivity contribution is -0.131. The van der Waals surface area contributed by atoms with Crippen LogP contribution in [-0.4, -0.2) is 18.2 Å². The summed E-state index contributed by atoms with van der Waals surface area (Å²) in [7, 11) is 1.47. The first-order valence-electron chi connectivity index (χ1n) is 3.79. The van der Waals surface area contributed by atoms with Crippen molar-refractivity contribution in [1.82, 2.24) is 0 Å². The molecule has 1 N–H and O–H groups in total. The van der Waals surface area contributed by atoms with Gasteiger partial charge in [-0.25, -0.2) is 4.79 Å². The van der Waals surface area contributed by atoms with Crippen molar-refractivity contribution < 1.29 is 14.6 Å². The molecule has 0 saturated heterocycles. The third-order valence-corrected chi connectivity index (χ3v) is 1.38.